The van der Waals surface area contributed by atoms with Gasteiger partial charge >= 0.3 is 0 Å². The summed E-state index contributed by atoms with van der Waals surface area (Å²) in [7, 11) is -3.39. The van der Waals surface area contributed by atoms with Crippen molar-refractivity contribution in [3.63, 3.8) is 0 Å². The van der Waals surface area contributed by atoms with E-state index < -0.39 is 10.0 Å². The summed E-state index contributed by atoms with van der Waals surface area (Å²) in [6, 6.07) is 10.2. The number of hydrogen-bond acceptors (Lipinski definition) is 5. The van der Waals surface area contributed by atoms with Crippen LogP contribution in [-0.4, -0.2) is 26.7 Å². The van der Waals surface area contributed by atoms with E-state index in [-0.39, 0.29) is 11.8 Å². The maximum atomic E-state index is 11.9. The molecule has 1 aliphatic carbocycles. The van der Waals surface area contributed by atoms with E-state index >= 15 is 0 Å². The number of hydrogen-bond donors (Lipinski definition) is 2. The molecule has 0 radical (unpaired) electrons. The van der Waals surface area contributed by atoms with Crippen molar-refractivity contribution < 1.29 is 12.9 Å². The number of nitrogens with one attached hydrogen (secondary N) is 2. The molecule has 1 aromatic carbocycles. The Hall–Kier alpha value is -1.70. The quantitative estimate of drug-likeness (QED) is 0.751. The van der Waals surface area contributed by atoms with Crippen molar-refractivity contribution in [1.82, 2.24) is 15.2 Å². The molecule has 6 nitrogen and oxygen atoms in total. The number of rotatable bonds is 7. The fourth-order valence-corrected chi connectivity index (χ4v) is 4.15. The van der Waals surface area contributed by atoms with Crippen LogP contribution in [0.3, 0.4) is 0 Å². The van der Waals surface area contributed by atoms with Crippen molar-refractivity contribution in [2.75, 3.05) is 13.1 Å². The second kappa shape index (κ2) is 6.82. The molecule has 0 bridgehead atoms. The van der Waals surface area contributed by atoms with Crippen molar-refractivity contribution in [1.29, 1.82) is 0 Å². The SMILES string of the molecule is C[C@@H]1Cc2ccccc2[C@@H]1NCCNS(=O)(=O)Cc1ccon1. The number of benzene rings is 1. The normalized spacial score (nSPS) is 20.6. The Morgan fingerprint density at radius 3 is 2.87 bits per heavy atom. The molecular formula is C16H21N3O3S. The molecule has 2 atom stereocenters. The van der Waals surface area contributed by atoms with Gasteiger partial charge in [0, 0.05) is 25.2 Å². The molecule has 0 saturated carbocycles. The maximum Gasteiger partial charge on any atom is 0.217 e. The highest BCUT2D eigenvalue weighted by Crippen LogP contribution is 2.35. The van der Waals surface area contributed by atoms with Crippen LogP contribution in [0, 0.1) is 5.92 Å². The summed E-state index contributed by atoms with van der Waals surface area (Å²) in [5, 5.41) is 7.08. The van der Waals surface area contributed by atoms with Gasteiger partial charge in [0.2, 0.25) is 10.0 Å². The summed E-state index contributed by atoms with van der Waals surface area (Å²) in [5.74, 6) is 0.353. The average Bonchev–Trinajstić information content (AvgIpc) is 3.10. The zero-order chi connectivity index (χ0) is 16.3. The smallest absolute Gasteiger partial charge is 0.217 e. The van der Waals surface area contributed by atoms with Crippen LogP contribution in [0.5, 0.6) is 0 Å². The van der Waals surface area contributed by atoms with Gasteiger partial charge in [-0.25, -0.2) is 13.1 Å². The number of nitrogens with zero attached hydrogens (tertiary/aromatic N) is 1. The fourth-order valence-electron chi connectivity index (χ4n) is 3.10. The van der Waals surface area contributed by atoms with Gasteiger partial charge in [-0.15, -0.1) is 0 Å². The van der Waals surface area contributed by atoms with E-state index in [0.29, 0.717) is 24.7 Å². The van der Waals surface area contributed by atoms with Gasteiger partial charge in [0.25, 0.3) is 0 Å². The minimum absolute atomic E-state index is 0.161. The van der Waals surface area contributed by atoms with E-state index in [0.717, 1.165) is 6.42 Å². The topological polar surface area (TPSA) is 84.2 Å². The van der Waals surface area contributed by atoms with E-state index in [2.05, 4.69) is 44.8 Å². The molecule has 1 aliphatic rings. The van der Waals surface area contributed by atoms with Crippen LogP contribution in [0.4, 0.5) is 0 Å². The van der Waals surface area contributed by atoms with Gasteiger partial charge in [-0.1, -0.05) is 36.3 Å². The van der Waals surface area contributed by atoms with Crippen molar-refractivity contribution >= 4 is 10.0 Å². The Balaban J connectivity index is 1.48. The summed E-state index contributed by atoms with van der Waals surface area (Å²) in [4.78, 5) is 0. The van der Waals surface area contributed by atoms with Gasteiger partial charge < -0.3 is 9.84 Å². The van der Waals surface area contributed by atoms with Gasteiger partial charge in [0.05, 0.1) is 5.69 Å². The first-order valence-corrected chi connectivity index (χ1v) is 9.38. The molecule has 7 heteroatoms. The first-order chi connectivity index (χ1) is 11.1. The van der Waals surface area contributed by atoms with Gasteiger partial charge in [0.1, 0.15) is 12.0 Å². The lowest BCUT2D eigenvalue weighted by atomic mass is 10.0. The van der Waals surface area contributed by atoms with Crippen LogP contribution in [-0.2, 0) is 22.2 Å². The average molecular weight is 335 g/mol. The monoisotopic (exact) mass is 335 g/mol. The van der Waals surface area contributed by atoms with Gasteiger partial charge in [-0.05, 0) is 23.5 Å². The van der Waals surface area contributed by atoms with E-state index in [1.165, 1.54) is 17.4 Å². The van der Waals surface area contributed by atoms with E-state index in [9.17, 15) is 8.42 Å². The number of aromatic nitrogens is 1. The summed E-state index contributed by atoms with van der Waals surface area (Å²) in [5.41, 5.74) is 3.11. The molecule has 2 N–H and O–H groups in total. The molecule has 0 fully saturated rings. The van der Waals surface area contributed by atoms with Crippen LogP contribution in [0.2, 0.25) is 0 Å². The number of sulfonamides is 1. The highest BCUT2D eigenvalue weighted by molar-refractivity contribution is 7.88. The Morgan fingerprint density at radius 2 is 2.09 bits per heavy atom. The van der Waals surface area contributed by atoms with E-state index in [1.54, 1.807) is 6.07 Å². The third kappa shape index (κ3) is 3.99. The number of fused-ring (bicyclic) bond motifs is 1. The molecule has 3 rings (SSSR count). The zero-order valence-corrected chi connectivity index (χ0v) is 13.8. The minimum Gasteiger partial charge on any atom is -0.364 e. The lowest BCUT2D eigenvalue weighted by molar-refractivity contribution is 0.413. The molecule has 0 saturated heterocycles. The second-order valence-electron chi connectivity index (χ2n) is 5.96. The molecule has 2 aromatic rings. The van der Waals surface area contributed by atoms with E-state index in [1.807, 2.05) is 6.07 Å². The third-order valence-corrected chi connectivity index (χ3v) is 5.46. The minimum atomic E-state index is -3.39. The lowest BCUT2D eigenvalue weighted by Gasteiger charge is -2.19. The van der Waals surface area contributed by atoms with Gasteiger partial charge in [-0.2, -0.15) is 0 Å². The molecule has 0 unspecified atom stereocenters. The predicted octanol–water partition coefficient (Wildman–Crippen LogP) is 1.62. The highest BCUT2D eigenvalue weighted by Gasteiger charge is 2.28. The van der Waals surface area contributed by atoms with Crippen LogP contribution >= 0.6 is 0 Å². The second-order valence-corrected chi connectivity index (χ2v) is 7.76. The molecular weight excluding hydrogens is 314 g/mol. The molecule has 23 heavy (non-hydrogen) atoms. The van der Waals surface area contributed by atoms with Crippen LogP contribution in [0.25, 0.3) is 0 Å². The Labute approximate surface area is 136 Å². The van der Waals surface area contributed by atoms with Gasteiger partial charge in [-0.3, -0.25) is 0 Å². The Morgan fingerprint density at radius 1 is 1.26 bits per heavy atom. The van der Waals surface area contributed by atoms with Crippen LogP contribution in [0.1, 0.15) is 29.8 Å². The van der Waals surface area contributed by atoms with Gasteiger partial charge in [0.15, 0.2) is 0 Å². The van der Waals surface area contributed by atoms with Crippen molar-refractivity contribution in [2.24, 2.45) is 5.92 Å². The summed E-state index contributed by atoms with van der Waals surface area (Å²) >= 11 is 0. The molecule has 0 amide bonds. The van der Waals surface area contributed by atoms with Crippen molar-refractivity contribution in [3.05, 3.63) is 53.4 Å². The highest BCUT2D eigenvalue weighted by atomic mass is 32.2. The fraction of sp³-hybridized carbons (Fsp3) is 0.438. The molecule has 0 spiro atoms. The lowest BCUT2D eigenvalue weighted by Crippen LogP contribution is -2.35. The first-order valence-electron chi connectivity index (χ1n) is 7.73. The van der Waals surface area contributed by atoms with Crippen LogP contribution < -0.4 is 10.0 Å². The predicted molar refractivity (Wildman–Crippen MR) is 87.2 cm³/mol. The molecule has 124 valence electrons. The Bertz CT molecular complexity index is 744. The summed E-state index contributed by atoms with van der Waals surface area (Å²) in [6.45, 7) is 3.15. The molecule has 1 aromatic heterocycles. The molecule has 1 heterocycles. The summed E-state index contributed by atoms with van der Waals surface area (Å²) in [6.07, 6.45) is 2.43. The largest absolute Gasteiger partial charge is 0.364 e. The summed E-state index contributed by atoms with van der Waals surface area (Å²) < 4.78 is 31.1. The zero-order valence-electron chi connectivity index (χ0n) is 13.0. The van der Waals surface area contributed by atoms with Crippen molar-refractivity contribution in [2.45, 2.75) is 25.1 Å². The third-order valence-electron chi connectivity index (χ3n) is 4.14. The van der Waals surface area contributed by atoms with Crippen LogP contribution in [0.15, 0.2) is 41.1 Å². The van der Waals surface area contributed by atoms with E-state index in [4.69, 9.17) is 0 Å². The first kappa shape index (κ1) is 16.2. The maximum absolute atomic E-state index is 11.9. The standard InChI is InChI=1S/C16H21N3O3S/c1-12-10-13-4-2-3-5-15(13)16(12)17-7-8-18-23(20,21)11-14-6-9-22-19-14/h2-6,9,12,16-18H,7-8,10-11H2,1H3/t12-,16-/m1/s1. The molecule has 0 aliphatic heterocycles. The Kier molecular flexibility index (Phi) is 4.79. The van der Waals surface area contributed by atoms with Crippen molar-refractivity contribution in [3.8, 4) is 0 Å².